The number of ether oxygens (including phenoxy) is 1. The first-order chi connectivity index (χ1) is 10.2. The van der Waals surface area contributed by atoms with Gasteiger partial charge in [0.1, 0.15) is 24.2 Å². The van der Waals surface area contributed by atoms with Crippen LogP contribution in [0.2, 0.25) is 0 Å². The fourth-order valence-corrected chi connectivity index (χ4v) is 1.99. The molecule has 2 aromatic rings. The summed E-state index contributed by atoms with van der Waals surface area (Å²) < 4.78 is 19.6. The van der Waals surface area contributed by atoms with E-state index in [0.29, 0.717) is 23.4 Å². The quantitative estimate of drug-likeness (QED) is 0.673. The molecule has 0 heterocycles. The molecule has 0 aliphatic rings. The number of benzene rings is 2. The van der Waals surface area contributed by atoms with Crippen molar-refractivity contribution in [2.75, 3.05) is 5.73 Å². The number of allylic oxidation sites excluding steroid dienone is 1. The van der Waals surface area contributed by atoms with Gasteiger partial charge in [-0.3, -0.25) is 0 Å². The maximum absolute atomic E-state index is 13.9. The molecule has 0 spiro atoms. The van der Waals surface area contributed by atoms with Crippen molar-refractivity contribution in [3.05, 3.63) is 71.6 Å². The summed E-state index contributed by atoms with van der Waals surface area (Å²) in [7, 11) is 0. The zero-order valence-electron chi connectivity index (χ0n) is 11.5. The predicted octanol–water partition coefficient (Wildman–Crippen LogP) is 3.59. The molecule has 0 aliphatic carbocycles. The molecule has 106 valence electrons. The molecule has 0 saturated carbocycles. The number of nitriles is 1. The summed E-state index contributed by atoms with van der Waals surface area (Å²) in [6, 6.07) is 11.8. The smallest absolute Gasteiger partial charge is 0.147 e. The Morgan fingerprint density at radius 2 is 2.10 bits per heavy atom. The molecule has 0 bridgehead atoms. The maximum Gasteiger partial charge on any atom is 0.147 e. The second-order valence-corrected chi connectivity index (χ2v) is 4.54. The molecular weight excluding hydrogens is 267 g/mol. The van der Waals surface area contributed by atoms with Crippen LogP contribution in [-0.4, -0.2) is 0 Å². The van der Waals surface area contributed by atoms with E-state index in [4.69, 9.17) is 15.7 Å². The van der Waals surface area contributed by atoms with Crippen LogP contribution in [0.3, 0.4) is 0 Å². The average Bonchev–Trinajstić information content (AvgIpc) is 2.48. The van der Waals surface area contributed by atoms with Crippen LogP contribution >= 0.6 is 0 Å². The van der Waals surface area contributed by atoms with Crippen LogP contribution in [0.5, 0.6) is 5.75 Å². The van der Waals surface area contributed by atoms with Gasteiger partial charge in [0, 0.05) is 11.3 Å². The van der Waals surface area contributed by atoms with Gasteiger partial charge in [-0.05, 0) is 36.2 Å². The third-order valence-electron chi connectivity index (χ3n) is 3.03. The molecule has 0 aliphatic heterocycles. The number of rotatable bonds is 5. The van der Waals surface area contributed by atoms with Crippen LogP contribution in [0.25, 0.3) is 0 Å². The molecule has 2 N–H and O–H groups in total. The van der Waals surface area contributed by atoms with Crippen LogP contribution in [0.4, 0.5) is 10.1 Å². The van der Waals surface area contributed by atoms with Crippen molar-refractivity contribution in [2.24, 2.45) is 0 Å². The Balaban J connectivity index is 2.21. The fraction of sp³-hybridized carbons (Fsp3) is 0.118. The van der Waals surface area contributed by atoms with E-state index >= 15 is 0 Å². The standard InChI is InChI=1S/C17H15FN2O/c1-2-4-12-9-15(20)7-8-16(12)21-11-14-6-3-5-13(10-19)17(14)18/h2-3,5-9H,1,4,11,20H2. The Morgan fingerprint density at radius 1 is 1.29 bits per heavy atom. The van der Waals surface area contributed by atoms with Gasteiger partial charge in [-0.15, -0.1) is 6.58 Å². The second kappa shape index (κ2) is 6.58. The normalized spacial score (nSPS) is 9.90. The van der Waals surface area contributed by atoms with E-state index < -0.39 is 5.82 Å². The first-order valence-corrected chi connectivity index (χ1v) is 6.45. The van der Waals surface area contributed by atoms with E-state index in [1.807, 2.05) is 6.07 Å². The summed E-state index contributed by atoms with van der Waals surface area (Å²) in [5, 5.41) is 8.82. The Kier molecular flexibility index (Phi) is 4.57. The minimum atomic E-state index is -0.541. The summed E-state index contributed by atoms with van der Waals surface area (Å²) in [6.45, 7) is 3.74. The SMILES string of the molecule is C=CCc1cc(N)ccc1OCc1cccc(C#N)c1F. The molecule has 4 heteroatoms. The molecule has 2 rings (SSSR count). The van der Waals surface area contributed by atoms with Gasteiger partial charge in [0.05, 0.1) is 5.56 Å². The molecular formula is C17H15FN2O. The molecule has 2 aromatic carbocycles. The molecule has 21 heavy (non-hydrogen) atoms. The highest BCUT2D eigenvalue weighted by atomic mass is 19.1. The number of anilines is 1. The predicted molar refractivity (Wildman–Crippen MR) is 80.2 cm³/mol. The Bertz CT molecular complexity index is 704. The van der Waals surface area contributed by atoms with Crippen molar-refractivity contribution in [1.82, 2.24) is 0 Å². The Labute approximate surface area is 123 Å². The topological polar surface area (TPSA) is 59.0 Å². The number of hydrogen-bond acceptors (Lipinski definition) is 3. The van der Waals surface area contributed by atoms with E-state index in [0.717, 1.165) is 5.56 Å². The molecule has 0 fully saturated rings. The van der Waals surface area contributed by atoms with Crippen molar-refractivity contribution in [3.63, 3.8) is 0 Å². The lowest BCUT2D eigenvalue weighted by Gasteiger charge is -2.12. The van der Waals surface area contributed by atoms with Crippen molar-refractivity contribution in [2.45, 2.75) is 13.0 Å². The number of halogens is 1. The van der Waals surface area contributed by atoms with E-state index in [1.54, 1.807) is 36.4 Å². The zero-order valence-corrected chi connectivity index (χ0v) is 11.5. The Hall–Kier alpha value is -2.80. The molecule has 0 unspecified atom stereocenters. The molecule has 0 atom stereocenters. The Morgan fingerprint density at radius 3 is 2.81 bits per heavy atom. The van der Waals surface area contributed by atoms with Crippen LogP contribution < -0.4 is 10.5 Å². The van der Waals surface area contributed by atoms with Gasteiger partial charge in [-0.1, -0.05) is 18.2 Å². The summed E-state index contributed by atoms with van der Waals surface area (Å²) >= 11 is 0. The molecule has 3 nitrogen and oxygen atoms in total. The number of nitrogens with zero attached hydrogens (tertiary/aromatic N) is 1. The molecule has 0 saturated heterocycles. The van der Waals surface area contributed by atoms with Gasteiger partial charge in [0.15, 0.2) is 0 Å². The summed E-state index contributed by atoms with van der Waals surface area (Å²) in [4.78, 5) is 0. The van der Waals surface area contributed by atoms with Crippen LogP contribution in [0.1, 0.15) is 16.7 Å². The zero-order chi connectivity index (χ0) is 15.2. The second-order valence-electron chi connectivity index (χ2n) is 4.54. The van der Waals surface area contributed by atoms with Gasteiger partial charge >= 0.3 is 0 Å². The van der Waals surface area contributed by atoms with Gasteiger partial charge in [-0.2, -0.15) is 5.26 Å². The van der Waals surface area contributed by atoms with Crippen molar-refractivity contribution >= 4 is 5.69 Å². The van der Waals surface area contributed by atoms with E-state index in [2.05, 4.69) is 6.58 Å². The summed E-state index contributed by atoms with van der Waals surface area (Å²) in [5.74, 6) is 0.0894. The molecule has 0 amide bonds. The largest absolute Gasteiger partial charge is 0.489 e. The average molecular weight is 282 g/mol. The molecule has 0 aromatic heterocycles. The highest BCUT2D eigenvalue weighted by Crippen LogP contribution is 2.24. The van der Waals surface area contributed by atoms with Gasteiger partial charge in [0.25, 0.3) is 0 Å². The van der Waals surface area contributed by atoms with Crippen molar-refractivity contribution in [1.29, 1.82) is 5.26 Å². The third kappa shape index (κ3) is 3.40. The van der Waals surface area contributed by atoms with Crippen LogP contribution in [-0.2, 0) is 13.0 Å². The van der Waals surface area contributed by atoms with Gasteiger partial charge in [-0.25, -0.2) is 4.39 Å². The maximum atomic E-state index is 13.9. The van der Waals surface area contributed by atoms with Crippen molar-refractivity contribution in [3.8, 4) is 11.8 Å². The minimum absolute atomic E-state index is 0.0136. The highest BCUT2D eigenvalue weighted by molar-refractivity contribution is 5.48. The lowest BCUT2D eigenvalue weighted by Crippen LogP contribution is -2.02. The third-order valence-corrected chi connectivity index (χ3v) is 3.03. The first kappa shape index (κ1) is 14.6. The highest BCUT2D eigenvalue weighted by Gasteiger charge is 2.09. The monoisotopic (exact) mass is 282 g/mol. The van der Waals surface area contributed by atoms with Crippen LogP contribution in [0, 0.1) is 17.1 Å². The lowest BCUT2D eigenvalue weighted by molar-refractivity contribution is 0.297. The van der Waals surface area contributed by atoms with E-state index in [-0.39, 0.29) is 12.2 Å². The van der Waals surface area contributed by atoms with Crippen molar-refractivity contribution < 1.29 is 9.13 Å². The van der Waals surface area contributed by atoms with Gasteiger partial charge in [0.2, 0.25) is 0 Å². The summed E-state index contributed by atoms with van der Waals surface area (Å²) in [6.07, 6.45) is 2.36. The lowest BCUT2D eigenvalue weighted by atomic mass is 10.1. The number of nitrogen functional groups attached to an aromatic ring is 1. The van der Waals surface area contributed by atoms with Gasteiger partial charge < -0.3 is 10.5 Å². The fourth-order valence-electron chi connectivity index (χ4n) is 1.99. The number of nitrogens with two attached hydrogens (primary N) is 1. The molecule has 0 radical (unpaired) electrons. The summed E-state index contributed by atoms with van der Waals surface area (Å²) in [5.41, 5.74) is 7.62. The number of hydrogen-bond donors (Lipinski definition) is 1. The first-order valence-electron chi connectivity index (χ1n) is 6.45. The minimum Gasteiger partial charge on any atom is -0.489 e. The van der Waals surface area contributed by atoms with Crippen LogP contribution in [0.15, 0.2) is 49.1 Å². The van der Waals surface area contributed by atoms with E-state index in [1.165, 1.54) is 6.07 Å². The van der Waals surface area contributed by atoms with E-state index in [9.17, 15) is 4.39 Å².